The molecule has 6 heteroatoms. The fraction of sp³-hybridized carbons (Fsp3) is 0.458. The molecule has 1 saturated heterocycles. The van der Waals surface area contributed by atoms with Crippen LogP contribution in [-0.4, -0.2) is 44.2 Å². The maximum atomic E-state index is 13.9. The maximum absolute atomic E-state index is 13.9. The van der Waals surface area contributed by atoms with E-state index in [9.17, 15) is 9.18 Å². The lowest BCUT2D eigenvalue weighted by Crippen LogP contribution is -2.42. The number of nitrogens with one attached hydrogen (secondary N) is 1. The Balaban J connectivity index is 1.22. The van der Waals surface area contributed by atoms with E-state index >= 15 is 0 Å². The lowest BCUT2D eigenvalue weighted by molar-refractivity contribution is -0.126. The highest BCUT2D eigenvalue weighted by Gasteiger charge is 2.27. The second-order valence-electron chi connectivity index (χ2n) is 8.24. The third-order valence-electron chi connectivity index (χ3n) is 6.17. The van der Waals surface area contributed by atoms with Crippen LogP contribution < -0.4 is 14.8 Å². The molecule has 2 aromatic rings. The van der Waals surface area contributed by atoms with E-state index in [0.29, 0.717) is 32.0 Å². The minimum Gasteiger partial charge on any atom is -0.497 e. The zero-order chi connectivity index (χ0) is 20.9. The second-order valence-corrected chi connectivity index (χ2v) is 8.24. The third kappa shape index (κ3) is 4.93. The molecule has 2 aliphatic heterocycles. The van der Waals surface area contributed by atoms with Crippen LogP contribution in [0.5, 0.6) is 11.5 Å². The number of carbonyl (C=O) groups excluding carboxylic acids is 1. The van der Waals surface area contributed by atoms with Gasteiger partial charge in [0.05, 0.1) is 13.0 Å². The first kappa shape index (κ1) is 20.7. The monoisotopic (exact) mass is 412 g/mol. The van der Waals surface area contributed by atoms with Crippen LogP contribution in [0.2, 0.25) is 0 Å². The van der Waals surface area contributed by atoms with Crippen LogP contribution in [0.1, 0.15) is 24.0 Å². The van der Waals surface area contributed by atoms with E-state index in [4.69, 9.17) is 9.47 Å². The van der Waals surface area contributed by atoms with Crippen LogP contribution in [-0.2, 0) is 17.8 Å². The van der Waals surface area contributed by atoms with Crippen molar-refractivity contribution in [2.75, 3.05) is 33.4 Å². The van der Waals surface area contributed by atoms with Gasteiger partial charge in [0, 0.05) is 18.7 Å². The van der Waals surface area contributed by atoms with E-state index in [-0.39, 0.29) is 17.6 Å². The quantitative estimate of drug-likeness (QED) is 0.790. The summed E-state index contributed by atoms with van der Waals surface area (Å²) in [6.45, 7) is 3.59. The Morgan fingerprint density at radius 2 is 2.03 bits per heavy atom. The van der Waals surface area contributed by atoms with Gasteiger partial charge < -0.3 is 14.8 Å². The molecule has 0 aromatic heterocycles. The Morgan fingerprint density at radius 1 is 1.23 bits per heavy atom. The Morgan fingerprint density at radius 3 is 2.80 bits per heavy atom. The number of ether oxygens (including phenoxy) is 2. The molecule has 1 fully saturated rings. The highest BCUT2D eigenvalue weighted by molar-refractivity contribution is 5.79. The number of hydrogen-bond acceptors (Lipinski definition) is 4. The van der Waals surface area contributed by atoms with Crippen molar-refractivity contribution in [1.29, 1.82) is 0 Å². The van der Waals surface area contributed by atoms with Crippen molar-refractivity contribution in [1.82, 2.24) is 10.2 Å². The van der Waals surface area contributed by atoms with E-state index in [1.165, 1.54) is 6.07 Å². The Kier molecular flexibility index (Phi) is 6.53. The summed E-state index contributed by atoms with van der Waals surface area (Å²) in [7, 11) is 1.64. The number of fused-ring (bicyclic) bond motifs is 1. The molecule has 30 heavy (non-hydrogen) atoms. The van der Waals surface area contributed by atoms with Crippen LogP contribution in [0.4, 0.5) is 4.39 Å². The van der Waals surface area contributed by atoms with Crippen LogP contribution >= 0.6 is 0 Å². The average Bonchev–Trinajstić information content (AvgIpc) is 2.79. The van der Waals surface area contributed by atoms with Gasteiger partial charge in [-0.1, -0.05) is 18.2 Å². The van der Waals surface area contributed by atoms with Gasteiger partial charge in [-0.2, -0.15) is 0 Å². The fourth-order valence-corrected chi connectivity index (χ4v) is 4.27. The van der Waals surface area contributed by atoms with E-state index in [0.717, 1.165) is 48.6 Å². The third-order valence-corrected chi connectivity index (χ3v) is 6.17. The Bertz CT molecular complexity index is 881. The molecule has 5 nitrogen and oxygen atoms in total. The van der Waals surface area contributed by atoms with Crippen molar-refractivity contribution in [3.63, 3.8) is 0 Å². The molecule has 0 spiro atoms. The summed E-state index contributed by atoms with van der Waals surface area (Å²) < 4.78 is 24.9. The maximum Gasteiger partial charge on any atom is 0.226 e. The first-order chi connectivity index (χ1) is 14.6. The molecular formula is C24H29FN2O3. The second kappa shape index (κ2) is 9.47. The molecule has 2 aliphatic rings. The fourth-order valence-electron chi connectivity index (χ4n) is 4.27. The molecule has 1 atom stereocenters. The largest absolute Gasteiger partial charge is 0.497 e. The summed E-state index contributed by atoms with van der Waals surface area (Å²) in [5.41, 5.74) is 1.76. The van der Waals surface area contributed by atoms with Gasteiger partial charge in [0.15, 0.2) is 0 Å². The van der Waals surface area contributed by atoms with Crippen molar-refractivity contribution in [2.45, 2.75) is 25.8 Å². The first-order valence-corrected chi connectivity index (χ1v) is 10.7. The van der Waals surface area contributed by atoms with Gasteiger partial charge in [-0.15, -0.1) is 0 Å². The molecule has 0 saturated carbocycles. The molecule has 2 aromatic carbocycles. The van der Waals surface area contributed by atoms with Gasteiger partial charge in [-0.3, -0.25) is 9.69 Å². The van der Waals surface area contributed by atoms with Gasteiger partial charge in [0.2, 0.25) is 5.91 Å². The van der Waals surface area contributed by atoms with E-state index < -0.39 is 0 Å². The molecule has 2 heterocycles. The number of methoxy groups -OCH3 is 1. The predicted octanol–water partition coefficient (Wildman–Crippen LogP) is 3.41. The Labute approximate surface area is 177 Å². The molecule has 0 radical (unpaired) electrons. The number of hydrogen-bond donors (Lipinski definition) is 1. The molecule has 4 rings (SSSR count). The molecule has 0 aliphatic carbocycles. The number of amides is 1. The van der Waals surface area contributed by atoms with E-state index in [1.54, 1.807) is 13.2 Å². The summed E-state index contributed by atoms with van der Waals surface area (Å²) in [6, 6.07) is 12.7. The topological polar surface area (TPSA) is 50.8 Å². The summed E-state index contributed by atoms with van der Waals surface area (Å²) in [5.74, 6) is 1.81. The number of likely N-dealkylation sites (tertiary alicyclic amines) is 1. The highest BCUT2D eigenvalue weighted by Crippen LogP contribution is 2.30. The van der Waals surface area contributed by atoms with Crippen molar-refractivity contribution in [3.05, 3.63) is 59.4 Å². The molecule has 0 bridgehead atoms. The van der Waals surface area contributed by atoms with Gasteiger partial charge in [-0.05, 0) is 68.1 Å². The number of piperidine rings is 1. The summed E-state index contributed by atoms with van der Waals surface area (Å²) in [5, 5.41) is 3.13. The van der Waals surface area contributed by atoms with Crippen molar-refractivity contribution in [3.8, 4) is 11.5 Å². The van der Waals surface area contributed by atoms with Crippen LogP contribution in [0.25, 0.3) is 0 Å². The number of carbonyl (C=O) groups is 1. The standard InChI is InChI=1S/C24H29FN2O3/c1-29-21-6-7-23-19(13-21)12-20(16-30-23)24(28)26-14-17-8-10-27(11-9-17)15-18-4-2-3-5-22(18)25/h2-7,13,17,20H,8-12,14-16H2,1H3,(H,26,28). The summed E-state index contributed by atoms with van der Waals surface area (Å²) in [6.07, 6.45) is 2.69. The molecule has 1 amide bonds. The first-order valence-electron chi connectivity index (χ1n) is 10.7. The van der Waals surface area contributed by atoms with Gasteiger partial charge in [0.1, 0.15) is 23.9 Å². The van der Waals surface area contributed by atoms with Crippen LogP contribution in [0.3, 0.4) is 0 Å². The zero-order valence-corrected chi connectivity index (χ0v) is 17.4. The normalized spacial score (nSPS) is 19.6. The van der Waals surface area contributed by atoms with Gasteiger partial charge in [0.25, 0.3) is 0 Å². The number of nitrogens with zero attached hydrogens (tertiary/aromatic N) is 1. The van der Waals surface area contributed by atoms with Crippen molar-refractivity contribution >= 4 is 5.91 Å². The summed E-state index contributed by atoms with van der Waals surface area (Å²) >= 11 is 0. The minimum absolute atomic E-state index is 0.0530. The van der Waals surface area contributed by atoms with Crippen LogP contribution in [0.15, 0.2) is 42.5 Å². The van der Waals surface area contributed by atoms with Crippen molar-refractivity contribution < 1.29 is 18.7 Å². The highest BCUT2D eigenvalue weighted by atomic mass is 19.1. The smallest absolute Gasteiger partial charge is 0.226 e. The minimum atomic E-state index is -0.175. The van der Waals surface area contributed by atoms with Crippen LogP contribution in [0, 0.1) is 17.7 Å². The SMILES string of the molecule is COc1ccc2c(c1)CC(C(=O)NCC1CCN(Cc3ccccc3F)CC1)CO2. The molecule has 1 N–H and O–H groups in total. The average molecular weight is 413 g/mol. The number of halogens is 1. The summed E-state index contributed by atoms with van der Waals surface area (Å²) in [4.78, 5) is 15.0. The molecule has 160 valence electrons. The van der Waals surface area contributed by atoms with E-state index in [1.807, 2.05) is 30.3 Å². The lowest BCUT2D eigenvalue weighted by Gasteiger charge is -2.32. The van der Waals surface area contributed by atoms with Gasteiger partial charge >= 0.3 is 0 Å². The number of rotatable bonds is 6. The van der Waals surface area contributed by atoms with Crippen molar-refractivity contribution in [2.24, 2.45) is 11.8 Å². The Hall–Kier alpha value is -2.60. The number of benzene rings is 2. The van der Waals surface area contributed by atoms with E-state index in [2.05, 4.69) is 10.2 Å². The molecular weight excluding hydrogens is 383 g/mol. The predicted molar refractivity (Wildman–Crippen MR) is 113 cm³/mol. The zero-order valence-electron chi connectivity index (χ0n) is 17.4. The lowest BCUT2D eigenvalue weighted by atomic mass is 9.94. The van der Waals surface area contributed by atoms with Gasteiger partial charge in [-0.25, -0.2) is 4.39 Å². The molecule has 1 unspecified atom stereocenters.